The van der Waals surface area contributed by atoms with E-state index >= 15 is 0 Å². The number of hydrogen-bond donors (Lipinski definition) is 0. The van der Waals surface area contributed by atoms with Crippen LogP contribution in [0.5, 0.6) is 0 Å². The van der Waals surface area contributed by atoms with E-state index in [1.165, 1.54) is 10.9 Å². The number of aryl methyl sites for hydroxylation is 1. The number of ether oxygens (including phenoxy) is 1. The van der Waals surface area contributed by atoms with Gasteiger partial charge in [-0.2, -0.15) is 13.2 Å². The molecule has 0 saturated carbocycles. The van der Waals surface area contributed by atoms with E-state index < -0.39 is 11.7 Å². The molecule has 35 heavy (non-hydrogen) atoms. The topological polar surface area (TPSA) is 43.2 Å². The minimum absolute atomic E-state index is 0.0530. The zero-order valence-electron chi connectivity index (χ0n) is 19.3. The number of nitrogens with zero attached hydrogens (tertiary/aromatic N) is 4. The van der Waals surface area contributed by atoms with Gasteiger partial charge < -0.3 is 4.74 Å². The SMILES string of the molecule is Cn1nncc1-c1cc(COC2CCCN(CC#CCCl)C2c2ccccc2)cc(C(F)(F)F)c1. The van der Waals surface area contributed by atoms with Crippen LogP contribution in [0.2, 0.25) is 0 Å². The van der Waals surface area contributed by atoms with Crippen molar-refractivity contribution in [3.8, 4) is 23.1 Å². The van der Waals surface area contributed by atoms with Crippen molar-refractivity contribution < 1.29 is 17.9 Å². The highest BCUT2D eigenvalue weighted by Gasteiger charge is 2.34. The van der Waals surface area contributed by atoms with Crippen LogP contribution in [0, 0.1) is 11.8 Å². The number of alkyl halides is 4. The molecule has 0 aliphatic carbocycles. The van der Waals surface area contributed by atoms with Crippen LogP contribution >= 0.6 is 11.6 Å². The second kappa shape index (κ2) is 11.3. The first-order chi connectivity index (χ1) is 16.9. The van der Waals surface area contributed by atoms with Crippen molar-refractivity contribution in [3.05, 3.63) is 71.4 Å². The quantitative estimate of drug-likeness (QED) is 0.331. The molecular formula is C26H26ClF3N4O. The van der Waals surface area contributed by atoms with E-state index in [9.17, 15) is 13.2 Å². The van der Waals surface area contributed by atoms with Crippen molar-refractivity contribution >= 4 is 11.6 Å². The zero-order valence-corrected chi connectivity index (χ0v) is 20.1. The van der Waals surface area contributed by atoms with Crippen molar-refractivity contribution in [2.24, 2.45) is 7.05 Å². The third-order valence-corrected chi connectivity index (χ3v) is 6.22. The van der Waals surface area contributed by atoms with Crippen molar-refractivity contribution in [3.63, 3.8) is 0 Å². The van der Waals surface area contributed by atoms with Crippen molar-refractivity contribution in [1.82, 2.24) is 19.9 Å². The lowest BCUT2D eigenvalue weighted by atomic mass is 9.92. The summed E-state index contributed by atoms with van der Waals surface area (Å²) in [4.78, 5) is 2.25. The van der Waals surface area contributed by atoms with Crippen LogP contribution in [0.3, 0.4) is 0 Å². The predicted octanol–water partition coefficient (Wildman–Crippen LogP) is 5.47. The minimum Gasteiger partial charge on any atom is -0.372 e. The summed E-state index contributed by atoms with van der Waals surface area (Å²) in [7, 11) is 1.65. The largest absolute Gasteiger partial charge is 0.416 e. The molecule has 2 heterocycles. The molecule has 2 atom stereocenters. The van der Waals surface area contributed by atoms with Crippen LogP contribution in [0.15, 0.2) is 54.7 Å². The summed E-state index contributed by atoms with van der Waals surface area (Å²) in [6, 6.07) is 13.9. The van der Waals surface area contributed by atoms with E-state index in [1.807, 2.05) is 30.3 Å². The van der Waals surface area contributed by atoms with Gasteiger partial charge in [-0.1, -0.05) is 47.4 Å². The molecule has 184 valence electrons. The molecule has 2 unspecified atom stereocenters. The Bertz CT molecular complexity index is 1190. The molecule has 0 amide bonds. The molecule has 2 aromatic carbocycles. The molecule has 1 fully saturated rings. The highest BCUT2D eigenvalue weighted by Crippen LogP contribution is 2.36. The normalized spacial score (nSPS) is 18.8. The molecular weight excluding hydrogens is 477 g/mol. The Morgan fingerprint density at radius 2 is 1.94 bits per heavy atom. The smallest absolute Gasteiger partial charge is 0.372 e. The Morgan fingerprint density at radius 3 is 2.63 bits per heavy atom. The van der Waals surface area contributed by atoms with E-state index in [-0.39, 0.29) is 24.6 Å². The third-order valence-electron chi connectivity index (χ3n) is 6.09. The molecule has 1 saturated heterocycles. The zero-order chi connectivity index (χ0) is 24.8. The first-order valence-electron chi connectivity index (χ1n) is 11.4. The highest BCUT2D eigenvalue weighted by atomic mass is 35.5. The first kappa shape index (κ1) is 25.2. The molecule has 0 radical (unpaired) electrons. The van der Waals surface area contributed by atoms with Crippen molar-refractivity contribution in [1.29, 1.82) is 0 Å². The van der Waals surface area contributed by atoms with Gasteiger partial charge in [0.05, 0.1) is 48.6 Å². The van der Waals surface area contributed by atoms with Gasteiger partial charge >= 0.3 is 6.18 Å². The maximum atomic E-state index is 13.7. The maximum absolute atomic E-state index is 13.7. The number of benzene rings is 2. The Labute approximate surface area is 207 Å². The standard InChI is InChI=1S/C26H26ClF3N4O/c1-33-23(17-31-32-33)21-14-19(15-22(16-21)26(28,29)30)18-35-24-10-7-13-34(12-6-5-11-27)25(24)20-8-3-2-4-9-20/h2-4,8-9,14-17,24-25H,7,10-13,18H2,1H3. The number of aromatic nitrogens is 3. The number of piperidine rings is 1. The fourth-order valence-electron chi connectivity index (χ4n) is 4.50. The van der Waals surface area contributed by atoms with Gasteiger partial charge in [-0.05, 0) is 48.7 Å². The molecule has 1 aromatic heterocycles. The van der Waals surface area contributed by atoms with Gasteiger partial charge in [-0.15, -0.1) is 16.7 Å². The molecule has 4 rings (SSSR count). The second-order valence-corrected chi connectivity index (χ2v) is 8.73. The summed E-state index contributed by atoms with van der Waals surface area (Å²) in [6.07, 6.45) is -1.51. The lowest BCUT2D eigenvalue weighted by Gasteiger charge is -2.40. The van der Waals surface area contributed by atoms with E-state index in [0.29, 0.717) is 23.4 Å². The molecule has 1 aliphatic rings. The fourth-order valence-corrected chi connectivity index (χ4v) is 4.60. The van der Waals surface area contributed by atoms with Gasteiger partial charge in [-0.3, -0.25) is 4.90 Å². The molecule has 3 aromatic rings. The minimum atomic E-state index is -4.48. The molecule has 5 nitrogen and oxygen atoms in total. The third kappa shape index (κ3) is 6.23. The molecule has 0 spiro atoms. The monoisotopic (exact) mass is 502 g/mol. The Balaban J connectivity index is 1.61. The van der Waals surface area contributed by atoms with E-state index in [2.05, 4.69) is 27.1 Å². The van der Waals surface area contributed by atoms with Crippen LogP contribution in [0.4, 0.5) is 13.2 Å². The Morgan fingerprint density at radius 1 is 1.14 bits per heavy atom. The number of rotatable bonds is 6. The van der Waals surface area contributed by atoms with Gasteiger partial charge in [-0.25, -0.2) is 4.68 Å². The van der Waals surface area contributed by atoms with Gasteiger partial charge in [0.15, 0.2) is 0 Å². The van der Waals surface area contributed by atoms with Crippen LogP contribution in [0.1, 0.15) is 35.6 Å². The van der Waals surface area contributed by atoms with Crippen LogP contribution in [-0.4, -0.2) is 45.0 Å². The van der Waals surface area contributed by atoms with Crippen LogP contribution in [0.25, 0.3) is 11.3 Å². The van der Waals surface area contributed by atoms with E-state index in [1.54, 1.807) is 13.1 Å². The van der Waals surface area contributed by atoms with Gasteiger partial charge in [0.2, 0.25) is 0 Å². The van der Waals surface area contributed by atoms with Gasteiger partial charge in [0, 0.05) is 12.6 Å². The van der Waals surface area contributed by atoms with Gasteiger partial charge in [0.1, 0.15) is 0 Å². The maximum Gasteiger partial charge on any atom is 0.416 e. The van der Waals surface area contributed by atoms with E-state index in [0.717, 1.165) is 37.1 Å². The van der Waals surface area contributed by atoms with Crippen molar-refractivity contribution in [2.45, 2.75) is 37.8 Å². The van der Waals surface area contributed by atoms with Crippen LogP contribution in [-0.2, 0) is 24.6 Å². The molecule has 0 N–H and O–H groups in total. The molecule has 0 bridgehead atoms. The van der Waals surface area contributed by atoms with Crippen LogP contribution < -0.4 is 0 Å². The second-order valence-electron chi connectivity index (χ2n) is 8.46. The Hall–Kier alpha value is -2.86. The van der Waals surface area contributed by atoms with Gasteiger partial charge in [0.25, 0.3) is 0 Å². The summed E-state index contributed by atoms with van der Waals surface area (Å²) in [5, 5.41) is 7.64. The highest BCUT2D eigenvalue weighted by molar-refractivity contribution is 6.19. The van der Waals surface area contributed by atoms with E-state index in [4.69, 9.17) is 16.3 Å². The lowest BCUT2D eigenvalue weighted by Crippen LogP contribution is -2.43. The summed E-state index contributed by atoms with van der Waals surface area (Å²) in [5.41, 5.74) is 1.71. The summed E-state index contributed by atoms with van der Waals surface area (Å²) < 4.78 is 48.8. The number of likely N-dealkylation sites (tertiary alicyclic amines) is 1. The average Bonchev–Trinajstić information content (AvgIpc) is 3.28. The summed E-state index contributed by atoms with van der Waals surface area (Å²) >= 11 is 5.72. The average molecular weight is 503 g/mol. The number of hydrogen-bond acceptors (Lipinski definition) is 4. The van der Waals surface area contributed by atoms with Crippen molar-refractivity contribution in [2.75, 3.05) is 19.0 Å². The first-order valence-corrected chi connectivity index (χ1v) is 11.9. The summed E-state index contributed by atoms with van der Waals surface area (Å²) in [6.45, 7) is 1.46. The fraction of sp³-hybridized carbons (Fsp3) is 0.385. The predicted molar refractivity (Wildman–Crippen MR) is 129 cm³/mol. The summed E-state index contributed by atoms with van der Waals surface area (Å²) in [5.74, 6) is 6.27. The lowest BCUT2D eigenvalue weighted by molar-refractivity contribution is -0.137. The molecule has 1 aliphatic heterocycles. The number of halogens is 4. The molecule has 9 heteroatoms. The Kier molecular flexibility index (Phi) is 8.11.